The largest absolute Gasteiger partial charge is 0.419 e. The monoisotopic (exact) mass is 561 g/mol. The molecule has 4 aromatic rings. The first-order valence-electron chi connectivity index (χ1n) is 10.9. The number of carbonyl (C=O) groups is 1. The van der Waals surface area contributed by atoms with Gasteiger partial charge in [0.15, 0.2) is 0 Å². The van der Waals surface area contributed by atoms with Crippen LogP contribution in [0.25, 0.3) is 16.6 Å². The van der Waals surface area contributed by atoms with E-state index in [4.69, 9.17) is 0 Å². The molecule has 1 amide bonds. The number of alkyl halides is 3. The van der Waals surface area contributed by atoms with E-state index in [0.717, 1.165) is 23.7 Å². The minimum absolute atomic E-state index is 0.227. The van der Waals surface area contributed by atoms with Gasteiger partial charge in [0.2, 0.25) is 5.91 Å². The fraction of sp³-hybridized carbons (Fsp3) is 0.0769. The van der Waals surface area contributed by atoms with E-state index in [1.165, 1.54) is 41.7 Å². The fourth-order valence-corrected chi connectivity index (χ4v) is 5.40. The number of halogens is 4. The molecule has 0 aliphatic carbocycles. The molecule has 1 heterocycles. The van der Waals surface area contributed by atoms with E-state index in [-0.39, 0.29) is 10.6 Å². The molecule has 4 rings (SSSR count). The van der Waals surface area contributed by atoms with Gasteiger partial charge >= 0.3 is 6.18 Å². The summed E-state index contributed by atoms with van der Waals surface area (Å²) in [5, 5.41) is 5.32. The smallest absolute Gasteiger partial charge is 0.322 e. The number of benzene rings is 3. The Balaban J connectivity index is 1.54. The third-order valence-corrected chi connectivity index (χ3v) is 8.00. The first kappa shape index (κ1) is 27.0. The van der Waals surface area contributed by atoms with Crippen molar-refractivity contribution in [1.82, 2.24) is 4.98 Å². The number of para-hydroxylation sites is 1. The molecule has 3 aromatic carbocycles. The summed E-state index contributed by atoms with van der Waals surface area (Å²) >= 11 is 1.42. The number of nitrogens with zero attached hydrogens (tertiary/aromatic N) is 2. The number of thiazole rings is 1. The van der Waals surface area contributed by atoms with E-state index in [2.05, 4.69) is 10.3 Å². The van der Waals surface area contributed by atoms with Crippen LogP contribution in [0.5, 0.6) is 0 Å². The highest BCUT2D eigenvalue weighted by Gasteiger charge is 2.35. The van der Waals surface area contributed by atoms with Crippen molar-refractivity contribution in [3.05, 3.63) is 101 Å². The average molecular weight is 562 g/mol. The molecular weight excluding hydrogens is 542 g/mol. The molecule has 0 saturated heterocycles. The highest BCUT2D eigenvalue weighted by Crippen LogP contribution is 2.35. The molecular formula is C26H19F4N3O3S2. The molecule has 0 aliphatic rings. The summed E-state index contributed by atoms with van der Waals surface area (Å²) in [5.74, 6) is -1.97. The normalized spacial score (nSPS) is 12.0. The highest BCUT2D eigenvalue weighted by molar-refractivity contribution is 7.92. The number of aromatic nitrogens is 1. The number of sulfonamides is 1. The van der Waals surface area contributed by atoms with Crippen LogP contribution in [-0.2, 0) is 21.0 Å². The van der Waals surface area contributed by atoms with Crippen molar-refractivity contribution < 1.29 is 30.8 Å². The Bertz CT molecular complexity index is 1600. The summed E-state index contributed by atoms with van der Waals surface area (Å²) in [6.07, 6.45) is -0.706. The molecule has 0 atom stereocenters. The van der Waals surface area contributed by atoms with Crippen molar-refractivity contribution in [3.63, 3.8) is 0 Å². The van der Waals surface area contributed by atoms with Crippen LogP contribution in [0.3, 0.4) is 0 Å². The fourth-order valence-electron chi connectivity index (χ4n) is 3.48. The number of rotatable bonds is 7. The summed E-state index contributed by atoms with van der Waals surface area (Å²) in [5.41, 5.74) is -0.283. The number of nitrogens with one attached hydrogen (secondary N) is 1. The van der Waals surface area contributed by atoms with Crippen molar-refractivity contribution in [2.45, 2.75) is 11.1 Å². The first-order chi connectivity index (χ1) is 18.0. The lowest BCUT2D eigenvalue weighted by Crippen LogP contribution is -2.27. The van der Waals surface area contributed by atoms with Crippen LogP contribution in [0.2, 0.25) is 0 Å². The molecule has 1 N–H and O–H groups in total. The lowest BCUT2D eigenvalue weighted by Gasteiger charge is -2.21. The van der Waals surface area contributed by atoms with Crippen LogP contribution in [0, 0.1) is 5.82 Å². The second-order valence-electron chi connectivity index (χ2n) is 7.91. The molecule has 6 nitrogen and oxygen atoms in total. The van der Waals surface area contributed by atoms with Gasteiger partial charge in [-0.1, -0.05) is 24.3 Å². The third kappa shape index (κ3) is 5.92. The van der Waals surface area contributed by atoms with Crippen LogP contribution in [-0.4, -0.2) is 26.4 Å². The van der Waals surface area contributed by atoms with E-state index in [0.29, 0.717) is 27.7 Å². The quantitative estimate of drug-likeness (QED) is 0.208. The van der Waals surface area contributed by atoms with Gasteiger partial charge in [-0.15, -0.1) is 11.3 Å². The SMILES string of the molecule is CN(c1ccc(F)c(C(F)(F)F)c1)S(=O)(=O)c1cccc(/C=C/C(=O)Nc2ccccc2-c2nccs2)c1. The molecule has 0 fully saturated rings. The van der Waals surface area contributed by atoms with Gasteiger partial charge in [-0.2, -0.15) is 13.2 Å². The Labute approximate surface area is 219 Å². The van der Waals surface area contributed by atoms with E-state index in [1.807, 2.05) is 17.5 Å². The summed E-state index contributed by atoms with van der Waals surface area (Å²) in [6, 6.07) is 14.6. The summed E-state index contributed by atoms with van der Waals surface area (Å²) in [7, 11) is -3.24. The standard InChI is InChI=1S/C26H19F4N3O3S2/c1-33(18-10-11-22(27)21(16-18)26(28,29)30)38(35,36)19-6-4-5-17(15-19)9-12-24(34)32-23-8-3-2-7-20(23)25-31-13-14-37-25/h2-16H,1H3,(H,32,34)/b12-9+. The number of hydrogen-bond donors (Lipinski definition) is 1. The van der Waals surface area contributed by atoms with Gasteiger partial charge in [0.05, 0.1) is 21.8 Å². The Morgan fingerprint density at radius 1 is 1.05 bits per heavy atom. The number of hydrogen-bond acceptors (Lipinski definition) is 5. The van der Waals surface area contributed by atoms with Crippen LogP contribution in [0.4, 0.5) is 28.9 Å². The molecule has 196 valence electrons. The van der Waals surface area contributed by atoms with Gasteiger partial charge in [0, 0.05) is 30.3 Å². The number of amides is 1. The molecule has 0 spiro atoms. The van der Waals surface area contributed by atoms with Crippen LogP contribution < -0.4 is 9.62 Å². The van der Waals surface area contributed by atoms with Crippen molar-refractivity contribution >= 4 is 44.7 Å². The van der Waals surface area contributed by atoms with Crippen LogP contribution in [0.1, 0.15) is 11.1 Å². The summed E-state index contributed by atoms with van der Waals surface area (Å²) in [4.78, 5) is 16.6. The van der Waals surface area contributed by atoms with Crippen LogP contribution >= 0.6 is 11.3 Å². The van der Waals surface area contributed by atoms with Crippen molar-refractivity contribution in [2.75, 3.05) is 16.7 Å². The maximum Gasteiger partial charge on any atom is 0.419 e. The van der Waals surface area contributed by atoms with Crippen molar-refractivity contribution in [2.24, 2.45) is 0 Å². The Hall–Kier alpha value is -4.03. The van der Waals surface area contributed by atoms with Gasteiger partial charge < -0.3 is 5.32 Å². The number of anilines is 2. The molecule has 12 heteroatoms. The second-order valence-corrected chi connectivity index (χ2v) is 10.8. The van der Waals surface area contributed by atoms with Gasteiger partial charge in [0.25, 0.3) is 10.0 Å². The topological polar surface area (TPSA) is 79.4 Å². The van der Waals surface area contributed by atoms with E-state index < -0.39 is 33.5 Å². The lowest BCUT2D eigenvalue weighted by molar-refractivity contribution is -0.139. The van der Waals surface area contributed by atoms with E-state index in [1.54, 1.807) is 24.4 Å². The molecule has 1 aromatic heterocycles. The van der Waals surface area contributed by atoms with Crippen molar-refractivity contribution in [1.29, 1.82) is 0 Å². The molecule has 0 bridgehead atoms. The van der Waals surface area contributed by atoms with Crippen molar-refractivity contribution in [3.8, 4) is 10.6 Å². The molecule has 0 radical (unpaired) electrons. The minimum Gasteiger partial charge on any atom is -0.322 e. The molecule has 38 heavy (non-hydrogen) atoms. The predicted octanol–water partition coefficient (Wildman–Crippen LogP) is 6.45. The predicted molar refractivity (Wildman–Crippen MR) is 139 cm³/mol. The average Bonchev–Trinajstić information content (AvgIpc) is 3.42. The highest BCUT2D eigenvalue weighted by atomic mass is 32.2. The molecule has 0 aliphatic heterocycles. The third-order valence-electron chi connectivity index (χ3n) is 5.41. The maximum absolute atomic E-state index is 13.7. The second kappa shape index (κ2) is 10.8. The zero-order chi connectivity index (χ0) is 27.5. The van der Waals surface area contributed by atoms with Gasteiger partial charge in [0.1, 0.15) is 10.8 Å². The van der Waals surface area contributed by atoms with Gasteiger partial charge in [-0.25, -0.2) is 17.8 Å². The Morgan fingerprint density at radius 2 is 1.82 bits per heavy atom. The summed E-state index contributed by atoms with van der Waals surface area (Å²) < 4.78 is 79.8. The van der Waals surface area contributed by atoms with Crippen LogP contribution in [0.15, 0.2) is 89.3 Å². The van der Waals surface area contributed by atoms with E-state index in [9.17, 15) is 30.8 Å². The van der Waals surface area contributed by atoms with Gasteiger partial charge in [-0.05, 0) is 54.1 Å². The lowest BCUT2D eigenvalue weighted by atomic mass is 10.2. The van der Waals surface area contributed by atoms with Gasteiger partial charge in [-0.3, -0.25) is 9.10 Å². The maximum atomic E-state index is 13.7. The summed E-state index contributed by atoms with van der Waals surface area (Å²) in [6.45, 7) is 0. The first-order valence-corrected chi connectivity index (χ1v) is 13.2. The molecule has 0 unspecified atom stereocenters. The molecule has 0 saturated carbocycles. The Morgan fingerprint density at radius 3 is 2.53 bits per heavy atom. The van der Waals surface area contributed by atoms with E-state index >= 15 is 0 Å². The minimum atomic E-state index is -4.99. The zero-order valence-electron chi connectivity index (χ0n) is 19.6. The number of carbonyl (C=O) groups excluding carboxylic acids is 1. The Kier molecular flexibility index (Phi) is 7.65. The zero-order valence-corrected chi connectivity index (χ0v) is 21.2.